The molecule has 0 atom stereocenters. The maximum absolute atomic E-state index is 11.8. The van der Waals surface area contributed by atoms with E-state index in [9.17, 15) is 14.4 Å². The molecule has 0 unspecified atom stereocenters. The Bertz CT molecular complexity index is 779. The van der Waals surface area contributed by atoms with Crippen LogP contribution in [-0.4, -0.2) is 36.4 Å². The van der Waals surface area contributed by atoms with E-state index in [4.69, 9.17) is 16.3 Å². The van der Waals surface area contributed by atoms with Crippen LogP contribution in [0.2, 0.25) is 5.15 Å². The van der Waals surface area contributed by atoms with Gasteiger partial charge in [0.15, 0.2) is 6.61 Å². The van der Waals surface area contributed by atoms with Crippen LogP contribution in [0.5, 0.6) is 0 Å². The minimum absolute atomic E-state index is 0.00110. The fraction of sp³-hybridized carbons (Fsp3) is 0.125. The van der Waals surface area contributed by atoms with Gasteiger partial charge in [-0.2, -0.15) is 0 Å². The number of amides is 2. The fourth-order valence-electron chi connectivity index (χ4n) is 1.83. The lowest BCUT2D eigenvalue weighted by Gasteiger charge is -2.08. The second-order valence-electron chi connectivity index (χ2n) is 4.63. The van der Waals surface area contributed by atoms with Crippen LogP contribution in [0.3, 0.4) is 0 Å². The summed E-state index contributed by atoms with van der Waals surface area (Å²) in [5, 5.41) is 5.02. The Morgan fingerprint density at radius 2 is 2.00 bits per heavy atom. The quantitative estimate of drug-likeness (QED) is 0.636. The maximum atomic E-state index is 11.8. The van der Waals surface area contributed by atoms with Gasteiger partial charge >= 0.3 is 5.97 Å². The van der Waals surface area contributed by atoms with Crippen molar-refractivity contribution in [3.8, 4) is 0 Å². The summed E-state index contributed by atoms with van der Waals surface area (Å²) in [5.74, 6) is -1.57. The van der Waals surface area contributed by atoms with Crippen LogP contribution in [-0.2, 0) is 9.53 Å². The van der Waals surface area contributed by atoms with Crippen molar-refractivity contribution in [1.82, 2.24) is 10.3 Å². The van der Waals surface area contributed by atoms with E-state index in [-0.39, 0.29) is 16.6 Å². The predicted molar refractivity (Wildman–Crippen MR) is 88.0 cm³/mol. The Balaban J connectivity index is 1.93. The monoisotopic (exact) mass is 347 g/mol. The molecule has 2 rings (SSSR count). The molecule has 0 aliphatic heterocycles. The molecule has 0 aliphatic rings. The second kappa shape index (κ2) is 8.07. The van der Waals surface area contributed by atoms with Crippen molar-refractivity contribution in [3.05, 3.63) is 58.9 Å². The molecule has 24 heavy (non-hydrogen) atoms. The van der Waals surface area contributed by atoms with Gasteiger partial charge in [0.1, 0.15) is 5.15 Å². The summed E-state index contributed by atoms with van der Waals surface area (Å²) in [4.78, 5) is 39.0. The lowest BCUT2D eigenvalue weighted by Crippen LogP contribution is -2.22. The highest BCUT2D eigenvalue weighted by atomic mass is 35.5. The van der Waals surface area contributed by atoms with E-state index in [1.54, 1.807) is 18.2 Å². The summed E-state index contributed by atoms with van der Waals surface area (Å²) in [7, 11) is 1.51. The average molecular weight is 348 g/mol. The van der Waals surface area contributed by atoms with Gasteiger partial charge in [0, 0.05) is 24.5 Å². The number of nitrogens with one attached hydrogen (secondary N) is 2. The highest BCUT2D eigenvalue weighted by Crippen LogP contribution is 2.13. The first-order valence-corrected chi connectivity index (χ1v) is 7.28. The number of hydrogen-bond acceptors (Lipinski definition) is 5. The van der Waals surface area contributed by atoms with Crippen molar-refractivity contribution in [2.24, 2.45) is 0 Å². The molecule has 2 aromatic rings. The first-order valence-electron chi connectivity index (χ1n) is 6.91. The molecule has 0 radical (unpaired) electrons. The van der Waals surface area contributed by atoms with E-state index in [2.05, 4.69) is 15.6 Å². The van der Waals surface area contributed by atoms with Crippen molar-refractivity contribution >= 4 is 35.1 Å². The van der Waals surface area contributed by atoms with E-state index >= 15 is 0 Å². The average Bonchev–Trinajstić information content (AvgIpc) is 2.59. The molecule has 0 fully saturated rings. The minimum Gasteiger partial charge on any atom is -0.452 e. The zero-order valence-corrected chi connectivity index (χ0v) is 13.5. The molecule has 124 valence electrons. The summed E-state index contributed by atoms with van der Waals surface area (Å²) < 4.78 is 4.89. The van der Waals surface area contributed by atoms with Crippen molar-refractivity contribution in [2.45, 2.75) is 0 Å². The van der Waals surface area contributed by atoms with E-state index in [1.165, 1.54) is 31.4 Å². The molecule has 0 aliphatic carbocycles. The summed E-state index contributed by atoms with van der Waals surface area (Å²) in [6, 6.07) is 9.34. The number of esters is 1. The Kier molecular flexibility index (Phi) is 5.86. The first kappa shape index (κ1) is 17.4. The third kappa shape index (κ3) is 4.53. The van der Waals surface area contributed by atoms with Crippen molar-refractivity contribution in [1.29, 1.82) is 0 Å². The molecule has 1 heterocycles. The normalized spacial score (nSPS) is 9.92. The second-order valence-corrected chi connectivity index (χ2v) is 4.98. The third-order valence-electron chi connectivity index (χ3n) is 2.95. The zero-order chi connectivity index (χ0) is 17.5. The van der Waals surface area contributed by atoms with E-state index in [0.717, 1.165) is 0 Å². The molecule has 2 N–H and O–H groups in total. The van der Waals surface area contributed by atoms with Gasteiger partial charge in [-0.25, -0.2) is 9.78 Å². The van der Waals surface area contributed by atoms with E-state index in [0.29, 0.717) is 11.3 Å². The number of hydrogen-bond donors (Lipinski definition) is 2. The molecule has 0 saturated heterocycles. The van der Waals surface area contributed by atoms with Crippen molar-refractivity contribution < 1.29 is 19.1 Å². The smallest absolute Gasteiger partial charge is 0.341 e. The third-order valence-corrected chi connectivity index (χ3v) is 3.25. The summed E-state index contributed by atoms with van der Waals surface area (Å²) >= 11 is 5.77. The van der Waals surface area contributed by atoms with Crippen molar-refractivity contribution in [3.63, 3.8) is 0 Å². The minimum atomic E-state index is -0.748. The van der Waals surface area contributed by atoms with Crippen LogP contribution in [0.1, 0.15) is 20.7 Å². The molecular formula is C16H14ClN3O4. The number of rotatable bonds is 5. The Morgan fingerprint density at radius 3 is 2.71 bits per heavy atom. The maximum Gasteiger partial charge on any atom is 0.341 e. The molecule has 7 nitrogen and oxygen atoms in total. The molecular weight excluding hydrogens is 334 g/mol. The number of ether oxygens (including phenoxy) is 1. The number of carbonyl (C=O) groups is 3. The molecule has 1 aromatic carbocycles. The molecule has 0 saturated carbocycles. The van der Waals surface area contributed by atoms with Crippen LogP contribution in [0.25, 0.3) is 0 Å². The predicted octanol–water partition coefficient (Wildman–Crippen LogP) is 1.89. The fourth-order valence-corrected chi connectivity index (χ4v) is 2.02. The summed E-state index contributed by atoms with van der Waals surface area (Å²) in [5.41, 5.74) is 0.888. The van der Waals surface area contributed by atoms with Gasteiger partial charge in [-0.1, -0.05) is 17.7 Å². The van der Waals surface area contributed by atoms with E-state index < -0.39 is 18.5 Å². The topological polar surface area (TPSA) is 97.4 Å². The Labute approximate surface area is 143 Å². The number of benzene rings is 1. The van der Waals surface area contributed by atoms with E-state index in [1.807, 2.05) is 0 Å². The first-order chi connectivity index (χ1) is 11.5. The number of anilines is 1. The molecule has 8 heteroatoms. The van der Waals surface area contributed by atoms with Crippen molar-refractivity contribution in [2.75, 3.05) is 19.0 Å². The van der Waals surface area contributed by atoms with Crippen LogP contribution >= 0.6 is 11.6 Å². The highest BCUT2D eigenvalue weighted by Gasteiger charge is 2.14. The highest BCUT2D eigenvalue weighted by molar-refractivity contribution is 6.32. The van der Waals surface area contributed by atoms with Crippen LogP contribution < -0.4 is 10.6 Å². The zero-order valence-electron chi connectivity index (χ0n) is 12.7. The Hall–Kier alpha value is -2.93. The standard InChI is InChI=1S/C16H14ClN3O4/c1-18-15(22)10-4-2-5-11(8-10)20-13(21)9-24-16(23)12-6-3-7-19-14(12)17/h2-8H,9H2,1H3,(H,18,22)(H,20,21). The van der Waals surface area contributed by atoms with Gasteiger partial charge in [0.25, 0.3) is 11.8 Å². The lowest BCUT2D eigenvalue weighted by atomic mass is 10.2. The van der Waals surface area contributed by atoms with Crippen LogP contribution in [0.15, 0.2) is 42.6 Å². The number of aromatic nitrogens is 1. The van der Waals surface area contributed by atoms with Crippen LogP contribution in [0, 0.1) is 0 Å². The van der Waals surface area contributed by atoms with Gasteiger partial charge in [0.05, 0.1) is 5.56 Å². The lowest BCUT2D eigenvalue weighted by molar-refractivity contribution is -0.119. The van der Waals surface area contributed by atoms with Gasteiger partial charge in [0.2, 0.25) is 0 Å². The Morgan fingerprint density at radius 1 is 1.21 bits per heavy atom. The van der Waals surface area contributed by atoms with Gasteiger partial charge in [-0.15, -0.1) is 0 Å². The largest absolute Gasteiger partial charge is 0.452 e. The molecule has 0 spiro atoms. The number of pyridine rings is 1. The van der Waals surface area contributed by atoms with Gasteiger partial charge in [-0.3, -0.25) is 9.59 Å². The van der Waals surface area contributed by atoms with Gasteiger partial charge < -0.3 is 15.4 Å². The van der Waals surface area contributed by atoms with Gasteiger partial charge in [-0.05, 0) is 30.3 Å². The number of carbonyl (C=O) groups excluding carboxylic acids is 3. The summed E-state index contributed by atoms with van der Waals surface area (Å²) in [6.45, 7) is -0.492. The number of nitrogens with zero attached hydrogens (tertiary/aromatic N) is 1. The summed E-state index contributed by atoms with van der Waals surface area (Å²) in [6.07, 6.45) is 1.44. The molecule has 0 bridgehead atoms. The SMILES string of the molecule is CNC(=O)c1cccc(NC(=O)COC(=O)c2cccnc2Cl)c1. The van der Waals surface area contributed by atoms with Crippen LogP contribution in [0.4, 0.5) is 5.69 Å². The number of halogens is 1. The molecule has 2 amide bonds. The molecule has 1 aromatic heterocycles.